The molecule has 18 N–H and O–H groups in total. The van der Waals surface area contributed by atoms with Crippen molar-refractivity contribution in [2.45, 2.75) is 123 Å². The number of methoxy groups -OCH3 is 4. The van der Waals surface area contributed by atoms with Crippen molar-refractivity contribution in [2.75, 3.05) is 90.1 Å². The van der Waals surface area contributed by atoms with Gasteiger partial charge in [-0.05, 0) is 59.0 Å². The van der Waals surface area contributed by atoms with E-state index in [-0.39, 0.29) is 84.9 Å². The van der Waals surface area contributed by atoms with Crippen molar-refractivity contribution >= 4 is 178 Å². The zero-order valence-electron chi connectivity index (χ0n) is 59.4. The number of fused-ring (bicyclic) bond motifs is 5. The Kier molecular flexibility index (Phi) is 24.5. The minimum absolute atomic E-state index is 0.00978. The summed E-state index contributed by atoms with van der Waals surface area (Å²) in [5, 5.41) is 22.4. The van der Waals surface area contributed by atoms with Crippen molar-refractivity contribution in [1.29, 1.82) is 0 Å². The molecule has 61 heteroatoms. The first-order valence-electron chi connectivity index (χ1n) is 33.5. The molecule has 0 aromatic carbocycles. The first kappa shape index (κ1) is 84.0. The molecule has 15 rings (SSSR count). The van der Waals surface area contributed by atoms with Crippen LogP contribution in [0.1, 0.15) is 31.1 Å². The maximum Gasteiger partial charge on any atom is 0.325 e. The molecule has 5 saturated heterocycles. The molecule has 10 aromatic rings. The number of imidazole rings is 5. The number of anilines is 5. The maximum atomic E-state index is 12.4. The Hall–Kier alpha value is -6.04. The SMILES string of the molecule is CO[C@H]1[C@@H](OP(O)(=S)OCC2O[C@@H](n3cnc4c(N)ncnc43)[C@H](OP(O)(=S)OCC3O[C@@H](n4cnc5c(N)ncnc54)[C@H](OP(O)(=S)OCC4O[C@@H](n5cnc6c(N)ncnc65)[C@H](OP(O)(=S)OCC5O[C@@H](n6cnc7c(N)ncnc76)[C@H](O)[C@@H]5O)[C@@H]4OC)[C@@H]3OC)[C@@H]2OC)[C@H](n2cnc3c(N)ncnc32)O[C@@H]1COP(O)(O)=S. The second-order valence-corrected chi connectivity index (χ2v) is 39.5. The van der Waals surface area contributed by atoms with Gasteiger partial charge < -0.3 is 133 Å². The van der Waals surface area contributed by atoms with Gasteiger partial charge in [0.2, 0.25) is 0 Å². The number of aliphatic hydroxyl groups excluding tert-OH is 2. The highest BCUT2D eigenvalue weighted by molar-refractivity contribution is 8.08. The molecular weight excluding hydrogens is 1730 g/mol. The molecule has 0 spiro atoms. The van der Waals surface area contributed by atoms with Gasteiger partial charge in [0.25, 0.3) is 0 Å². The zero-order chi connectivity index (χ0) is 81.5. The molecule has 0 saturated carbocycles. The zero-order valence-corrected chi connectivity index (χ0v) is 67.9. The van der Waals surface area contributed by atoms with E-state index in [1.807, 2.05) is 0 Å². The Morgan fingerprint density at radius 2 is 0.530 bits per heavy atom. The molecule has 0 radical (unpaired) electrons. The van der Waals surface area contributed by atoms with Gasteiger partial charge >= 0.3 is 33.6 Å². The molecule has 5 aliphatic rings. The number of aromatic nitrogens is 20. The number of nitrogen functional groups attached to an aromatic ring is 5. The van der Waals surface area contributed by atoms with E-state index >= 15 is 0 Å². The van der Waals surface area contributed by atoms with Gasteiger partial charge in [-0.3, -0.25) is 40.9 Å². The van der Waals surface area contributed by atoms with E-state index in [9.17, 15) is 39.6 Å². The summed E-state index contributed by atoms with van der Waals surface area (Å²) in [6.45, 7) is -25.8. The molecule has 5 aliphatic heterocycles. The van der Waals surface area contributed by atoms with Crippen LogP contribution in [0.4, 0.5) is 29.1 Å². The number of nitrogens with zero attached hydrogens (tertiary/aromatic N) is 20. The number of ether oxygens (including phenoxy) is 9. The molecule has 5 fully saturated rings. The lowest BCUT2D eigenvalue weighted by Gasteiger charge is -2.29. The minimum atomic E-state index is -4.67. The van der Waals surface area contributed by atoms with Crippen LogP contribution in [-0.2, 0) is 142 Å². The second kappa shape index (κ2) is 33.5. The predicted molar refractivity (Wildman–Crippen MR) is 407 cm³/mol. The lowest BCUT2D eigenvalue weighted by molar-refractivity contribution is -0.0613. The summed E-state index contributed by atoms with van der Waals surface area (Å²) in [5.41, 5.74) is 32.2. The summed E-state index contributed by atoms with van der Waals surface area (Å²) >= 11 is 27.5. The van der Waals surface area contributed by atoms with Crippen molar-refractivity contribution in [3.63, 3.8) is 0 Å². The van der Waals surface area contributed by atoms with Gasteiger partial charge in [-0.2, -0.15) is 0 Å². The van der Waals surface area contributed by atoms with Crippen LogP contribution in [0, 0.1) is 0 Å². The van der Waals surface area contributed by atoms with Crippen molar-refractivity contribution in [2.24, 2.45) is 0 Å². The largest absolute Gasteiger partial charge is 0.387 e. The van der Waals surface area contributed by atoms with Gasteiger partial charge in [-0.15, -0.1) is 0 Å². The highest BCUT2D eigenvalue weighted by Crippen LogP contribution is 2.57. The van der Waals surface area contributed by atoms with E-state index in [2.05, 4.69) is 74.8 Å². The Morgan fingerprint density at radius 1 is 0.313 bits per heavy atom. The topological polar surface area (TPSA) is 676 Å². The first-order valence-corrected chi connectivity index (χ1v) is 46.5. The molecule has 622 valence electrons. The van der Waals surface area contributed by atoms with E-state index in [1.54, 1.807) is 0 Å². The summed E-state index contributed by atoms with van der Waals surface area (Å²) in [5.74, 6) is 0.0151. The van der Waals surface area contributed by atoms with Gasteiger partial charge in [-0.25, -0.2) is 74.8 Å². The van der Waals surface area contributed by atoms with Crippen LogP contribution >= 0.6 is 33.6 Å². The fraction of sp³-hybridized carbons (Fsp3) is 0.537. The van der Waals surface area contributed by atoms with Crippen LogP contribution in [0.5, 0.6) is 0 Å². The minimum Gasteiger partial charge on any atom is -0.387 e. The standard InChI is InChI=1S/C54H70N25O26P5S5/c1-88-32-21(6-92-106(82,83)111)98-51(76-16-71-26-41(56)61-11-66-46(26)76)36(32)103-108(85,113)94-8-23-34(90-3)38(53(100-23)78-18-73-28-43(58)63-13-68-48(28)78)105-110(87,115)96-9-24-35(91-4)39(54(101-24)79-19-74-29-44(59)64-14-69-49(29)79)104-109(86,114)95-7-22-33(89-2)37(52(99-22)77-17-72-27-42(57)62-12-67-47(27)77)102-107(84,112)93-5-20-30(80)31(81)50(97-20)75-15-70-25-40(55)60-10-65-45(25)75/h10-24,30-39,50-54,80-81H,5-9H2,1-4H3,(H,84,112)(H,85,113)(H,86,114)(H,87,115)(H2,55,60,65)(H2,56,61,66)(H2,57,62,67)(H2,58,63,68)(H2,59,64,69)(H2,82,83,111)/t20?,21-,22?,23?,24?,30-,31-,32-,33-,34-,35-,36-,37-,38-,39-,50-,51-,52-,53-,54-,107?,108?,109?,110?/m1/s1. The van der Waals surface area contributed by atoms with E-state index in [1.165, 1.54) is 102 Å². The maximum absolute atomic E-state index is 12.4. The van der Waals surface area contributed by atoms with Crippen molar-refractivity contribution in [3.05, 3.63) is 63.3 Å². The van der Waals surface area contributed by atoms with Gasteiger partial charge in [0, 0.05) is 28.4 Å². The third-order valence-electron chi connectivity index (χ3n) is 18.9. The van der Waals surface area contributed by atoms with Crippen LogP contribution in [0.15, 0.2) is 63.3 Å². The summed E-state index contributed by atoms with van der Waals surface area (Å²) in [4.78, 5) is 132. The van der Waals surface area contributed by atoms with E-state index in [0.29, 0.717) is 0 Å². The van der Waals surface area contributed by atoms with E-state index < -0.39 is 189 Å². The average Bonchev–Trinajstić information content (AvgIpc) is 1.63. The Morgan fingerprint density at radius 3 is 0.765 bits per heavy atom. The summed E-state index contributed by atoms with van der Waals surface area (Å²) in [6.07, 6.45) is -15.1. The molecule has 15 heterocycles. The number of aliphatic hydroxyl groups is 2. The molecule has 0 aliphatic carbocycles. The lowest BCUT2D eigenvalue weighted by atomic mass is 10.1. The number of rotatable bonds is 32. The van der Waals surface area contributed by atoms with Crippen LogP contribution in [0.2, 0.25) is 0 Å². The molecule has 8 unspecified atom stereocenters. The third-order valence-corrected chi connectivity index (χ3v) is 25.9. The summed E-state index contributed by atoms with van der Waals surface area (Å²) < 4.78 is 117. The summed E-state index contributed by atoms with van der Waals surface area (Å²) in [7, 11) is 5.10. The van der Waals surface area contributed by atoms with Gasteiger partial charge in [-0.1, -0.05) is 0 Å². The van der Waals surface area contributed by atoms with Gasteiger partial charge in [0.05, 0.1) is 64.7 Å². The van der Waals surface area contributed by atoms with Crippen LogP contribution in [-0.4, -0.2) is 290 Å². The smallest absolute Gasteiger partial charge is 0.325 e. The normalized spacial score (nSPS) is 30.8. The van der Waals surface area contributed by atoms with Crippen molar-refractivity contribution < 1.29 is 123 Å². The van der Waals surface area contributed by atoms with Crippen LogP contribution < -0.4 is 28.7 Å². The van der Waals surface area contributed by atoms with Crippen LogP contribution in [0.25, 0.3) is 55.8 Å². The van der Waals surface area contributed by atoms with Crippen LogP contribution in [0.3, 0.4) is 0 Å². The van der Waals surface area contributed by atoms with Gasteiger partial charge in [0.15, 0.2) is 88.5 Å². The molecule has 24 atom stereocenters. The Balaban J connectivity index is 0.656. The van der Waals surface area contributed by atoms with Crippen molar-refractivity contribution in [1.82, 2.24) is 97.6 Å². The molecular formula is C54H70N25O26P5S5. The average molecular weight is 1800 g/mol. The third kappa shape index (κ3) is 17.0. The second-order valence-electron chi connectivity index (χ2n) is 25.6. The van der Waals surface area contributed by atoms with E-state index in [0.717, 1.165) is 12.7 Å². The van der Waals surface area contributed by atoms with Gasteiger partial charge in [0.1, 0.15) is 151 Å². The number of hydrogen-bond donors (Lipinski definition) is 13. The van der Waals surface area contributed by atoms with E-state index in [4.69, 9.17) is 171 Å². The molecule has 115 heavy (non-hydrogen) atoms. The fourth-order valence-corrected chi connectivity index (χ4v) is 20.0. The summed E-state index contributed by atoms with van der Waals surface area (Å²) in [6, 6.07) is 0. The highest BCUT2D eigenvalue weighted by Gasteiger charge is 2.57. The Bertz CT molecular complexity index is 5500. The highest BCUT2D eigenvalue weighted by atomic mass is 32.5. The number of hydrogen-bond acceptors (Lipinski definition) is 45. The molecule has 10 aromatic heterocycles. The molecule has 0 bridgehead atoms. The van der Waals surface area contributed by atoms with Crippen molar-refractivity contribution in [3.8, 4) is 0 Å². The monoisotopic (exact) mass is 1800 g/mol. The molecule has 0 amide bonds. The number of nitrogens with two attached hydrogens (primary N) is 5. The first-order chi connectivity index (χ1) is 54.8. The quantitative estimate of drug-likeness (QED) is 0.0204. The predicted octanol–water partition coefficient (Wildman–Crippen LogP) is -1.93. The Labute approximate surface area is 670 Å². The fourth-order valence-electron chi connectivity index (χ4n) is 13.8. The molecule has 51 nitrogen and oxygen atoms in total. The lowest BCUT2D eigenvalue weighted by Crippen LogP contribution is -2.39.